The molecule has 2 aromatic carbocycles. The van der Waals surface area contributed by atoms with Gasteiger partial charge in [-0.25, -0.2) is 9.97 Å². The van der Waals surface area contributed by atoms with E-state index in [4.69, 9.17) is 23.2 Å². The van der Waals surface area contributed by atoms with Crippen molar-refractivity contribution in [2.75, 3.05) is 11.4 Å². The Hall–Kier alpha value is -1.84. The van der Waals surface area contributed by atoms with Gasteiger partial charge >= 0.3 is 0 Å². The van der Waals surface area contributed by atoms with Gasteiger partial charge in [0.15, 0.2) is 0 Å². The van der Waals surface area contributed by atoms with Crippen molar-refractivity contribution in [2.24, 2.45) is 0 Å². The van der Waals surface area contributed by atoms with Crippen LogP contribution in [-0.4, -0.2) is 16.5 Å². The minimum absolute atomic E-state index is 0.668. The van der Waals surface area contributed by atoms with Crippen LogP contribution < -0.4 is 4.90 Å². The Balaban J connectivity index is 2.15. The molecule has 0 fully saturated rings. The number of fused-ring (bicyclic) bond motifs is 1. The normalized spacial score (nSPS) is 10.8. The molecule has 0 unspecified atom stereocenters. The maximum atomic E-state index is 6.03. The van der Waals surface area contributed by atoms with Crippen LogP contribution in [-0.2, 0) is 0 Å². The van der Waals surface area contributed by atoms with Gasteiger partial charge in [0, 0.05) is 27.7 Å². The third kappa shape index (κ3) is 2.80. The van der Waals surface area contributed by atoms with E-state index in [0.717, 1.165) is 29.0 Å². The lowest BCUT2D eigenvalue weighted by Gasteiger charge is -2.23. The van der Waals surface area contributed by atoms with Crippen molar-refractivity contribution >= 4 is 45.6 Å². The topological polar surface area (TPSA) is 29.0 Å². The molecule has 0 saturated heterocycles. The van der Waals surface area contributed by atoms with Gasteiger partial charge in [-0.05, 0) is 49.4 Å². The van der Waals surface area contributed by atoms with Crippen LogP contribution in [0.25, 0.3) is 10.9 Å². The largest absolute Gasteiger partial charge is 0.326 e. The quantitative estimate of drug-likeness (QED) is 0.673. The van der Waals surface area contributed by atoms with Crippen molar-refractivity contribution in [1.82, 2.24) is 9.97 Å². The second-order valence-corrected chi connectivity index (χ2v) is 5.45. The highest BCUT2D eigenvalue weighted by molar-refractivity contribution is 6.31. The Morgan fingerprint density at radius 1 is 0.952 bits per heavy atom. The highest BCUT2D eigenvalue weighted by atomic mass is 35.5. The van der Waals surface area contributed by atoms with E-state index in [-0.39, 0.29) is 0 Å². The number of anilines is 2. The fourth-order valence-corrected chi connectivity index (χ4v) is 2.60. The molecule has 0 radical (unpaired) electrons. The first-order valence-corrected chi connectivity index (χ1v) is 7.38. The Kier molecular flexibility index (Phi) is 3.95. The number of benzene rings is 2. The highest BCUT2D eigenvalue weighted by Gasteiger charge is 2.13. The summed E-state index contributed by atoms with van der Waals surface area (Å²) >= 11 is 12.0. The predicted molar refractivity (Wildman–Crippen MR) is 88.7 cm³/mol. The van der Waals surface area contributed by atoms with E-state index >= 15 is 0 Å². The van der Waals surface area contributed by atoms with Crippen molar-refractivity contribution in [3.63, 3.8) is 0 Å². The Morgan fingerprint density at radius 2 is 1.67 bits per heavy atom. The summed E-state index contributed by atoms with van der Waals surface area (Å²) in [7, 11) is 0. The lowest BCUT2D eigenvalue weighted by molar-refractivity contribution is 0.990. The highest BCUT2D eigenvalue weighted by Crippen LogP contribution is 2.30. The number of rotatable bonds is 3. The molecule has 1 heterocycles. The average Bonchev–Trinajstić information content (AvgIpc) is 2.49. The van der Waals surface area contributed by atoms with Crippen molar-refractivity contribution in [2.45, 2.75) is 6.92 Å². The molecule has 0 spiro atoms. The first-order valence-electron chi connectivity index (χ1n) is 6.62. The summed E-state index contributed by atoms with van der Waals surface area (Å²) in [6.07, 6.45) is 1.56. The van der Waals surface area contributed by atoms with E-state index in [0.29, 0.717) is 10.0 Å². The molecule has 0 saturated carbocycles. The molecule has 1 aromatic heterocycles. The Bertz CT molecular complexity index is 772. The molecule has 0 bridgehead atoms. The maximum Gasteiger partial charge on any atom is 0.144 e. The second kappa shape index (κ2) is 5.88. The third-order valence-corrected chi connectivity index (χ3v) is 3.77. The number of hydrogen-bond donors (Lipinski definition) is 0. The van der Waals surface area contributed by atoms with Gasteiger partial charge in [0.25, 0.3) is 0 Å². The first kappa shape index (κ1) is 14.1. The molecule has 0 aliphatic rings. The molecular weight excluding hydrogens is 305 g/mol. The van der Waals surface area contributed by atoms with Crippen LogP contribution in [0.2, 0.25) is 10.0 Å². The van der Waals surface area contributed by atoms with Gasteiger partial charge < -0.3 is 4.90 Å². The van der Waals surface area contributed by atoms with Gasteiger partial charge in [0.1, 0.15) is 12.1 Å². The lowest BCUT2D eigenvalue weighted by Crippen LogP contribution is -2.17. The summed E-state index contributed by atoms with van der Waals surface area (Å²) in [5.74, 6) is 0.862. The SMILES string of the molecule is CCN(c1ccc(Cl)cc1)c1ncnc2cc(Cl)ccc12. The van der Waals surface area contributed by atoms with Crippen LogP contribution in [0.15, 0.2) is 48.8 Å². The summed E-state index contributed by atoms with van der Waals surface area (Å²) in [6, 6.07) is 13.4. The van der Waals surface area contributed by atoms with E-state index in [1.54, 1.807) is 6.33 Å². The Labute approximate surface area is 133 Å². The predicted octanol–water partition coefficient (Wildman–Crippen LogP) is 5.09. The molecule has 0 amide bonds. The molecule has 0 atom stereocenters. The van der Waals surface area contributed by atoms with Gasteiger partial charge in [0.05, 0.1) is 5.52 Å². The van der Waals surface area contributed by atoms with Crippen LogP contribution in [0.1, 0.15) is 6.92 Å². The van der Waals surface area contributed by atoms with E-state index in [1.165, 1.54) is 0 Å². The van der Waals surface area contributed by atoms with Crippen molar-refractivity contribution in [3.05, 3.63) is 58.8 Å². The fraction of sp³-hybridized carbons (Fsp3) is 0.125. The fourth-order valence-electron chi connectivity index (χ4n) is 2.31. The number of halogens is 2. The minimum atomic E-state index is 0.668. The number of aromatic nitrogens is 2. The van der Waals surface area contributed by atoms with Crippen molar-refractivity contribution in [1.29, 1.82) is 0 Å². The zero-order valence-corrected chi connectivity index (χ0v) is 12.9. The van der Waals surface area contributed by atoms with Crippen LogP contribution in [0.4, 0.5) is 11.5 Å². The van der Waals surface area contributed by atoms with Gasteiger partial charge in [-0.1, -0.05) is 23.2 Å². The molecule has 3 rings (SSSR count). The van der Waals surface area contributed by atoms with E-state index < -0.39 is 0 Å². The van der Waals surface area contributed by atoms with Crippen molar-refractivity contribution in [3.8, 4) is 0 Å². The summed E-state index contributed by atoms with van der Waals surface area (Å²) in [4.78, 5) is 10.8. The van der Waals surface area contributed by atoms with Crippen LogP contribution in [0.3, 0.4) is 0 Å². The van der Waals surface area contributed by atoms with Crippen molar-refractivity contribution < 1.29 is 0 Å². The number of hydrogen-bond acceptors (Lipinski definition) is 3. The minimum Gasteiger partial charge on any atom is -0.326 e. The zero-order valence-electron chi connectivity index (χ0n) is 11.4. The van der Waals surface area contributed by atoms with Gasteiger partial charge in [-0.2, -0.15) is 0 Å². The van der Waals surface area contributed by atoms with E-state index in [9.17, 15) is 0 Å². The van der Waals surface area contributed by atoms with Crippen LogP contribution in [0, 0.1) is 0 Å². The maximum absolute atomic E-state index is 6.03. The average molecular weight is 318 g/mol. The molecule has 5 heteroatoms. The summed E-state index contributed by atoms with van der Waals surface area (Å²) in [6.45, 7) is 2.87. The molecular formula is C16H13Cl2N3. The second-order valence-electron chi connectivity index (χ2n) is 4.58. The summed E-state index contributed by atoms with van der Waals surface area (Å²) < 4.78 is 0. The standard InChI is InChI=1S/C16H13Cl2N3/c1-2-21(13-6-3-11(17)4-7-13)16-14-8-5-12(18)9-15(14)19-10-20-16/h3-10H,2H2,1H3. The zero-order chi connectivity index (χ0) is 14.8. The van der Waals surface area contributed by atoms with E-state index in [2.05, 4.69) is 21.8 Å². The van der Waals surface area contributed by atoms with Crippen LogP contribution in [0.5, 0.6) is 0 Å². The van der Waals surface area contributed by atoms with Gasteiger partial charge in [0.2, 0.25) is 0 Å². The first-order chi connectivity index (χ1) is 10.2. The molecule has 21 heavy (non-hydrogen) atoms. The molecule has 3 nitrogen and oxygen atoms in total. The summed E-state index contributed by atoms with van der Waals surface area (Å²) in [5, 5.41) is 2.36. The lowest BCUT2D eigenvalue weighted by atomic mass is 10.2. The van der Waals surface area contributed by atoms with E-state index in [1.807, 2.05) is 42.5 Å². The van der Waals surface area contributed by atoms with Gasteiger partial charge in [-0.15, -0.1) is 0 Å². The molecule has 0 aliphatic carbocycles. The molecule has 0 aliphatic heterocycles. The molecule has 0 N–H and O–H groups in total. The Morgan fingerprint density at radius 3 is 2.38 bits per heavy atom. The monoisotopic (exact) mass is 317 g/mol. The third-order valence-electron chi connectivity index (χ3n) is 3.29. The molecule has 3 aromatic rings. The van der Waals surface area contributed by atoms with Crippen LogP contribution >= 0.6 is 23.2 Å². The smallest absolute Gasteiger partial charge is 0.144 e. The summed E-state index contributed by atoms with van der Waals surface area (Å²) in [5.41, 5.74) is 1.87. The van der Waals surface area contributed by atoms with Gasteiger partial charge in [-0.3, -0.25) is 0 Å². The molecule has 106 valence electrons. The number of nitrogens with zero attached hydrogens (tertiary/aromatic N) is 3.